The molecule has 1 rings (SSSR count). The van der Waals surface area contributed by atoms with Crippen molar-refractivity contribution in [1.82, 2.24) is 0 Å². The summed E-state index contributed by atoms with van der Waals surface area (Å²) < 4.78 is 17.1. The molecule has 1 aromatic rings. The minimum Gasteiger partial charge on any atom is -0.490 e. The lowest BCUT2D eigenvalue weighted by Gasteiger charge is -2.18. The minimum atomic E-state index is 0.607. The first-order valence-corrected chi connectivity index (χ1v) is 6.82. The molecular weight excluding hydrogens is 228 g/mol. The van der Waals surface area contributed by atoms with E-state index in [1.165, 1.54) is 5.56 Å². The van der Waals surface area contributed by atoms with Crippen molar-refractivity contribution in [3.63, 3.8) is 0 Å². The van der Waals surface area contributed by atoms with Crippen molar-refractivity contribution in [2.75, 3.05) is 19.8 Å². The van der Waals surface area contributed by atoms with Gasteiger partial charge in [0.2, 0.25) is 5.75 Å². The second kappa shape index (κ2) is 7.85. The van der Waals surface area contributed by atoms with Gasteiger partial charge in [-0.3, -0.25) is 0 Å². The Balaban J connectivity index is 3.19. The third-order valence-corrected chi connectivity index (χ3v) is 2.55. The molecule has 0 heterocycles. The molecule has 1 aromatic carbocycles. The molecule has 0 aliphatic carbocycles. The van der Waals surface area contributed by atoms with E-state index in [0.29, 0.717) is 19.8 Å². The van der Waals surface area contributed by atoms with E-state index in [1.54, 1.807) is 0 Å². The Morgan fingerprint density at radius 3 is 1.94 bits per heavy atom. The van der Waals surface area contributed by atoms with Gasteiger partial charge < -0.3 is 14.2 Å². The van der Waals surface area contributed by atoms with Crippen molar-refractivity contribution in [2.24, 2.45) is 0 Å². The van der Waals surface area contributed by atoms with E-state index in [0.717, 1.165) is 30.1 Å². The van der Waals surface area contributed by atoms with Gasteiger partial charge in [0.1, 0.15) is 0 Å². The molecule has 0 aliphatic heterocycles. The molecule has 0 N–H and O–H groups in total. The molecule has 3 heteroatoms. The number of benzene rings is 1. The molecule has 0 amide bonds. The predicted molar refractivity (Wildman–Crippen MR) is 73.9 cm³/mol. The van der Waals surface area contributed by atoms with Crippen molar-refractivity contribution >= 4 is 0 Å². The molecule has 0 saturated heterocycles. The second-order valence-electron chi connectivity index (χ2n) is 3.93. The van der Waals surface area contributed by atoms with Gasteiger partial charge in [0.15, 0.2) is 11.5 Å². The van der Waals surface area contributed by atoms with Crippen molar-refractivity contribution in [3.05, 3.63) is 17.7 Å². The molecule has 0 saturated carbocycles. The van der Waals surface area contributed by atoms with Crippen molar-refractivity contribution in [2.45, 2.75) is 40.5 Å². The third-order valence-electron chi connectivity index (χ3n) is 2.55. The van der Waals surface area contributed by atoms with Gasteiger partial charge in [0.25, 0.3) is 0 Å². The SMILES string of the molecule is CCCc1ccc(OCC)c(OCC)c1OCC. The van der Waals surface area contributed by atoms with Crippen molar-refractivity contribution in [1.29, 1.82) is 0 Å². The highest BCUT2D eigenvalue weighted by Gasteiger charge is 2.16. The molecule has 102 valence electrons. The van der Waals surface area contributed by atoms with Crippen LogP contribution in [0.3, 0.4) is 0 Å². The van der Waals surface area contributed by atoms with E-state index in [9.17, 15) is 0 Å². The van der Waals surface area contributed by atoms with Gasteiger partial charge in [-0.05, 0) is 38.8 Å². The summed E-state index contributed by atoms with van der Waals surface area (Å²) in [5.74, 6) is 2.35. The predicted octanol–water partition coefficient (Wildman–Crippen LogP) is 3.84. The smallest absolute Gasteiger partial charge is 0.203 e. The van der Waals surface area contributed by atoms with Crippen LogP contribution in [-0.2, 0) is 6.42 Å². The molecular formula is C15H24O3. The molecule has 0 aromatic heterocycles. The number of hydrogen-bond donors (Lipinski definition) is 0. The Hall–Kier alpha value is -1.38. The maximum absolute atomic E-state index is 5.76. The van der Waals surface area contributed by atoms with E-state index in [2.05, 4.69) is 13.0 Å². The van der Waals surface area contributed by atoms with Crippen LogP contribution in [0.4, 0.5) is 0 Å². The summed E-state index contributed by atoms with van der Waals surface area (Å²) in [6, 6.07) is 4.05. The summed E-state index contributed by atoms with van der Waals surface area (Å²) in [4.78, 5) is 0. The van der Waals surface area contributed by atoms with E-state index in [-0.39, 0.29) is 0 Å². The van der Waals surface area contributed by atoms with Crippen molar-refractivity contribution in [3.8, 4) is 17.2 Å². The normalized spacial score (nSPS) is 10.2. The van der Waals surface area contributed by atoms with Gasteiger partial charge in [-0.2, -0.15) is 0 Å². The van der Waals surface area contributed by atoms with Crippen LogP contribution in [0.25, 0.3) is 0 Å². The molecule has 18 heavy (non-hydrogen) atoms. The molecule has 0 radical (unpaired) electrons. The monoisotopic (exact) mass is 252 g/mol. The largest absolute Gasteiger partial charge is 0.490 e. The van der Waals surface area contributed by atoms with E-state index in [1.807, 2.05) is 26.8 Å². The Morgan fingerprint density at radius 2 is 1.39 bits per heavy atom. The van der Waals surface area contributed by atoms with Gasteiger partial charge in [-0.15, -0.1) is 0 Å². The van der Waals surface area contributed by atoms with Gasteiger partial charge in [0, 0.05) is 0 Å². The number of ether oxygens (including phenoxy) is 3. The molecule has 3 nitrogen and oxygen atoms in total. The number of hydrogen-bond acceptors (Lipinski definition) is 3. The van der Waals surface area contributed by atoms with Crippen LogP contribution in [0.15, 0.2) is 12.1 Å². The van der Waals surface area contributed by atoms with Crippen LogP contribution in [-0.4, -0.2) is 19.8 Å². The highest BCUT2D eigenvalue weighted by Crippen LogP contribution is 2.40. The van der Waals surface area contributed by atoms with E-state index >= 15 is 0 Å². The van der Waals surface area contributed by atoms with E-state index < -0.39 is 0 Å². The van der Waals surface area contributed by atoms with Crippen LogP contribution >= 0.6 is 0 Å². The summed E-state index contributed by atoms with van der Waals surface area (Å²) in [5, 5.41) is 0. The first-order chi connectivity index (χ1) is 8.78. The Bertz CT molecular complexity index is 326. The number of aryl methyl sites for hydroxylation is 1. The van der Waals surface area contributed by atoms with Gasteiger partial charge in [-0.25, -0.2) is 0 Å². The first kappa shape index (κ1) is 14.7. The zero-order valence-corrected chi connectivity index (χ0v) is 11.9. The highest BCUT2D eigenvalue weighted by molar-refractivity contribution is 5.56. The fourth-order valence-electron chi connectivity index (χ4n) is 1.90. The molecule has 0 aliphatic rings. The minimum absolute atomic E-state index is 0.607. The van der Waals surface area contributed by atoms with Gasteiger partial charge in [-0.1, -0.05) is 19.4 Å². The van der Waals surface area contributed by atoms with Crippen LogP contribution in [0.2, 0.25) is 0 Å². The summed E-state index contributed by atoms with van der Waals surface area (Å²) in [6.07, 6.45) is 2.07. The standard InChI is InChI=1S/C15H24O3/c1-5-9-12-10-11-13(16-6-2)15(18-8-4)14(12)17-7-3/h10-11H,5-9H2,1-4H3. The average molecular weight is 252 g/mol. The van der Waals surface area contributed by atoms with Gasteiger partial charge >= 0.3 is 0 Å². The molecule has 0 unspecified atom stereocenters. The fraction of sp³-hybridized carbons (Fsp3) is 0.600. The zero-order valence-electron chi connectivity index (χ0n) is 11.9. The maximum Gasteiger partial charge on any atom is 0.203 e. The molecule has 0 fully saturated rings. The zero-order chi connectivity index (χ0) is 13.4. The molecule has 0 spiro atoms. The number of rotatable bonds is 8. The molecule has 0 bridgehead atoms. The highest BCUT2D eigenvalue weighted by atomic mass is 16.5. The topological polar surface area (TPSA) is 27.7 Å². The lowest BCUT2D eigenvalue weighted by Crippen LogP contribution is -2.04. The summed E-state index contributed by atoms with van der Waals surface area (Å²) in [6.45, 7) is 9.94. The quantitative estimate of drug-likeness (QED) is 0.703. The maximum atomic E-state index is 5.76. The fourth-order valence-corrected chi connectivity index (χ4v) is 1.90. The van der Waals surface area contributed by atoms with Gasteiger partial charge in [0.05, 0.1) is 19.8 Å². The van der Waals surface area contributed by atoms with E-state index in [4.69, 9.17) is 14.2 Å². The van der Waals surface area contributed by atoms with Crippen LogP contribution < -0.4 is 14.2 Å². The average Bonchev–Trinajstić information content (AvgIpc) is 2.37. The Kier molecular flexibility index (Phi) is 6.40. The third kappa shape index (κ3) is 3.56. The summed E-state index contributed by atoms with van der Waals surface area (Å²) in [7, 11) is 0. The van der Waals surface area contributed by atoms with Crippen molar-refractivity contribution < 1.29 is 14.2 Å². The lowest BCUT2D eigenvalue weighted by molar-refractivity contribution is 0.259. The lowest BCUT2D eigenvalue weighted by atomic mass is 10.1. The molecule has 0 atom stereocenters. The van der Waals surface area contributed by atoms with Crippen LogP contribution in [0.5, 0.6) is 17.2 Å². The summed E-state index contributed by atoms with van der Waals surface area (Å²) >= 11 is 0. The van der Waals surface area contributed by atoms with Crippen LogP contribution in [0, 0.1) is 0 Å². The Morgan fingerprint density at radius 1 is 0.778 bits per heavy atom. The Labute approximate surface area is 110 Å². The van der Waals surface area contributed by atoms with Crippen LogP contribution in [0.1, 0.15) is 39.7 Å². The first-order valence-electron chi connectivity index (χ1n) is 6.82. The summed E-state index contributed by atoms with van der Waals surface area (Å²) in [5.41, 5.74) is 1.19. The second-order valence-corrected chi connectivity index (χ2v) is 3.93.